The number of nitrogens with one attached hydrogen (secondary N) is 2. The lowest BCUT2D eigenvalue weighted by Gasteiger charge is -2.48. The van der Waals surface area contributed by atoms with E-state index in [1.165, 1.54) is 19.3 Å². The van der Waals surface area contributed by atoms with Crippen LogP contribution >= 0.6 is 0 Å². The van der Waals surface area contributed by atoms with E-state index in [2.05, 4.69) is 71.0 Å². The summed E-state index contributed by atoms with van der Waals surface area (Å²) < 4.78 is 11.1. The number of ether oxygens (including phenoxy) is 2. The van der Waals surface area contributed by atoms with Gasteiger partial charge in [-0.25, -0.2) is 4.79 Å². The third-order valence-corrected chi connectivity index (χ3v) is 8.06. The average molecular weight is 454 g/mol. The van der Waals surface area contributed by atoms with Gasteiger partial charge in [-0.3, -0.25) is 0 Å². The van der Waals surface area contributed by atoms with Gasteiger partial charge < -0.3 is 25.0 Å². The van der Waals surface area contributed by atoms with E-state index in [0.717, 1.165) is 38.6 Å². The SMILES string of the molecule is CC1(C)CC(OC(=O)NC2CCCCC2)CC(C)(C)N1.COC1CCN(C)C(C)(C)C1C. The van der Waals surface area contributed by atoms with Crippen molar-refractivity contribution >= 4 is 6.09 Å². The van der Waals surface area contributed by atoms with Crippen molar-refractivity contribution in [2.24, 2.45) is 5.92 Å². The monoisotopic (exact) mass is 453 g/mol. The Bertz CT molecular complexity index is 583. The molecule has 0 bridgehead atoms. The zero-order chi connectivity index (χ0) is 24.2. The topological polar surface area (TPSA) is 62.8 Å². The number of methoxy groups -OCH3 is 1. The zero-order valence-corrected chi connectivity index (χ0v) is 22.3. The second-order valence-electron chi connectivity index (χ2n) is 12.2. The van der Waals surface area contributed by atoms with Gasteiger partial charge >= 0.3 is 6.09 Å². The van der Waals surface area contributed by atoms with Gasteiger partial charge in [-0.1, -0.05) is 26.2 Å². The third kappa shape index (κ3) is 7.88. The quantitative estimate of drug-likeness (QED) is 0.622. The van der Waals surface area contributed by atoms with Crippen LogP contribution < -0.4 is 10.6 Å². The van der Waals surface area contributed by atoms with Crippen molar-refractivity contribution in [3.05, 3.63) is 0 Å². The summed E-state index contributed by atoms with van der Waals surface area (Å²) in [6.07, 6.45) is 9.05. The molecule has 1 saturated carbocycles. The molecule has 1 aliphatic carbocycles. The minimum absolute atomic E-state index is 0.00448. The Kier molecular flexibility index (Phi) is 9.46. The number of carbonyl (C=O) groups is 1. The molecular formula is C26H51N3O3. The van der Waals surface area contributed by atoms with E-state index >= 15 is 0 Å². The molecule has 188 valence electrons. The number of nitrogens with zero attached hydrogens (tertiary/aromatic N) is 1. The molecule has 3 fully saturated rings. The van der Waals surface area contributed by atoms with Crippen molar-refractivity contribution in [1.29, 1.82) is 0 Å². The molecule has 6 heteroatoms. The Hall–Kier alpha value is -0.850. The van der Waals surface area contributed by atoms with Crippen LogP contribution in [0.15, 0.2) is 0 Å². The molecule has 2 unspecified atom stereocenters. The molecule has 0 radical (unpaired) electrons. The van der Waals surface area contributed by atoms with Crippen LogP contribution in [0.5, 0.6) is 0 Å². The van der Waals surface area contributed by atoms with Crippen molar-refractivity contribution in [3.8, 4) is 0 Å². The van der Waals surface area contributed by atoms with Gasteiger partial charge in [0.15, 0.2) is 0 Å². The van der Waals surface area contributed by atoms with Crippen molar-refractivity contribution in [1.82, 2.24) is 15.5 Å². The van der Waals surface area contributed by atoms with Crippen LogP contribution in [-0.2, 0) is 9.47 Å². The number of likely N-dealkylation sites (tertiary alicyclic amines) is 1. The number of piperidine rings is 2. The molecule has 2 atom stereocenters. The lowest BCUT2D eigenvalue weighted by atomic mass is 9.79. The van der Waals surface area contributed by atoms with Crippen molar-refractivity contribution in [2.75, 3.05) is 20.7 Å². The van der Waals surface area contributed by atoms with E-state index in [-0.39, 0.29) is 28.8 Å². The summed E-state index contributed by atoms with van der Waals surface area (Å²) in [6.45, 7) is 16.7. The number of carbonyl (C=O) groups excluding carboxylic acids is 1. The van der Waals surface area contributed by atoms with Gasteiger partial charge in [0.05, 0.1) is 6.10 Å². The van der Waals surface area contributed by atoms with Crippen LogP contribution in [0.4, 0.5) is 4.79 Å². The molecule has 3 aliphatic rings. The normalized spacial score (nSPS) is 30.7. The van der Waals surface area contributed by atoms with Gasteiger partial charge in [0.25, 0.3) is 0 Å². The van der Waals surface area contributed by atoms with Gasteiger partial charge in [-0.15, -0.1) is 0 Å². The molecule has 2 heterocycles. The predicted octanol–water partition coefficient (Wildman–Crippen LogP) is 5.11. The maximum atomic E-state index is 12.0. The molecule has 1 amide bonds. The number of rotatable bonds is 3. The predicted molar refractivity (Wildman–Crippen MR) is 132 cm³/mol. The Labute approximate surface area is 197 Å². The van der Waals surface area contributed by atoms with Crippen LogP contribution in [0.2, 0.25) is 0 Å². The van der Waals surface area contributed by atoms with E-state index in [1.54, 1.807) is 0 Å². The lowest BCUT2D eigenvalue weighted by Crippen LogP contribution is -2.60. The molecule has 3 rings (SSSR count). The van der Waals surface area contributed by atoms with Gasteiger partial charge in [-0.2, -0.15) is 0 Å². The fraction of sp³-hybridized carbons (Fsp3) is 0.962. The molecule has 2 aliphatic heterocycles. The van der Waals surface area contributed by atoms with Crippen LogP contribution in [-0.4, -0.2) is 66.6 Å². The second-order valence-corrected chi connectivity index (χ2v) is 12.2. The van der Waals surface area contributed by atoms with Gasteiger partial charge in [-0.05, 0) is 67.9 Å². The Morgan fingerprint density at radius 3 is 2.06 bits per heavy atom. The van der Waals surface area contributed by atoms with Crippen LogP contribution in [0.1, 0.15) is 99.8 Å². The van der Waals surface area contributed by atoms with E-state index in [0.29, 0.717) is 18.1 Å². The standard InChI is InChI=1S/C16H30N2O2.C10H21NO/c1-15(2)10-13(11-16(3,4)18-15)20-14(19)17-12-8-6-5-7-9-12;1-8-9(12-5)6-7-11(4)10(8,2)3/h12-13,18H,5-11H2,1-4H3,(H,17,19);8-9H,6-7H2,1-5H3. The maximum Gasteiger partial charge on any atom is 0.407 e. The van der Waals surface area contributed by atoms with Crippen LogP contribution in [0.25, 0.3) is 0 Å². The minimum atomic E-state index is -0.226. The summed E-state index contributed by atoms with van der Waals surface area (Å²) in [6, 6.07) is 0.319. The van der Waals surface area contributed by atoms with E-state index in [1.807, 2.05) is 7.11 Å². The average Bonchev–Trinajstić information content (AvgIpc) is 2.65. The molecule has 6 nitrogen and oxygen atoms in total. The third-order valence-electron chi connectivity index (χ3n) is 8.06. The largest absolute Gasteiger partial charge is 0.446 e. The Morgan fingerprint density at radius 2 is 1.53 bits per heavy atom. The van der Waals surface area contributed by atoms with Gasteiger partial charge in [0, 0.05) is 55.1 Å². The van der Waals surface area contributed by atoms with Crippen molar-refractivity contribution in [2.45, 2.75) is 135 Å². The second kappa shape index (κ2) is 11.1. The van der Waals surface area contributed by atoms with Gasteiger partial charge in [0.1, 0.15) is 6.10 Å². The van der Waals surface area contributed by atoms with E-state index in [4.69, 9.17) is 9.47 Å². The fourth-order valence-electron chi connectivity index (χ4n) is 5.89. The number of hydrogen-bond donors (Lipinski definition) is 2. The smallest absolute Gasteiger partial charge is 0.407 e. The molecule has 2 N–H and O–H groups in total. The zero-order valence-electron chi connectivity index (χ0n) is 22.3. The summed E-state index contributed by atoms with van der Waals surface area (Å²) in [7, 11) is 4.02. The Morgan fingerprint density at radius 1 is 0.969 bits per heavy atom. The minimum Gasteiger partial charge on any atom is -0.446 e. The van der Waals surface area contributed by atoms with Crippen LogP contribution in [0.3, 0.4) is 0 Å². The molecule has 0 aromatic rings. The molecule has 0 aromatic carbocycles. The van der Waals surface area contributed by atoms with E-state index < -0.39 is 0 Å². The molecular weight excluding hydrogens is 402 g/mol. The number of hydrogen-bond acceptors (Lipinski definition) is 5. The van der Waals surface area contributed by atoms with E-state index in [9.17, 15) is 4.79 Å². The van der Waals surface area contributed by atoms with Crippen LogP contribution in [0, 0.1) is 5.92 Å². The number of alkyl carbamates (subject to hydrolysis) is 1. The summed E-state index contributed by atoms with van der Waals surface area (Å²) in [5, 5.41) is 6.64. The first-order valence-corrected chi connectivity index (χ1v) is 12.8. The number of amides is 1. The summed E-state index contributed by atoms with van der Waals surface area (Å²) in [5.41, 5.74) is 0.300. The van der Waals surface area contributed by atoms with Crippen molar-refractivity contribution in [3.63, 3.8) is 0 Å². The van der Waals surface area contributed by atoms with Crippen molar-refractivity contribution < 1.29 is 14.3 Å². The highest BCUT2D eigenvalue weighted by Crippen LogP contribution is 2.33. The molecule has 2 saturated heterocycles. The first-order valence-electron chi connectivity index (χ1n) is 12.8. The first-order chi connectivity index (χ1) is 14.8. The molecule has 0 spiro atoms. The highest BCUT2D eigenvalue weighted by atomic mass is 16.6. The maximum absolute atomic E-state index is 12.0. The molecule has 32 heavy (non-hydrogen) atoms. The summed E-state index contributed by atoms with van der Waals surface area (Å²) in [5.74, 6) is 0.612. The highest BCUT2D eigenvalue weighted by molar-refractivity contribution is 5.67. The summed E-state index contributed by atoms with van der Waals surface area (Å²) in [4.78, 5) is 14.5. The highest BCUT2D eigenvalue weighted by Gasteiger charge is 2.40. The first kappa shape index (κ1) is 27.4. The fourth-order valence-corrected chi connectivity index (χ4v) is 5.89. The Balaban J connectivity index is 0.000000258. The lowest BCUT2D eigenvalue weighted by molar-refractivity contribution is -0.0608. The molecule has 0 aromatic heterocycles. The van der Waals surface area contributed by atoms with Gasteiger partial charge in [0.2, 0.25) is 0 Å². The summed E-state index contributed by atoms with van der Waals surface area (Å²) >= 11 is 0.